The number of ether oxygens (including phenoxy) is 5. The van der Waals surface area contributed by atoms with Gasteiger partial charge in [-0.3, -0.25) is 14.4 Å². The van der Waals surface area contributed by atoms with Gasteiger partial charge in [-0.1, -0.05) is 13.8 Å². The van der Waals surface area contributed by atoms with Crippen LogP contribution in [0.2, 0.25) is 0 Å². The van der Waals surface area contributed by atoms with E-state index in [1.807, 2.05) is 0 Å². The minimum Gasteiger partial charge on any atom is -0.456 e. The largest absolute Gasteiger partial charge is 0.456 e. The van der Waals surface area contributed by atoms with E-state index in [9.17, 15) is 29.4 Å². The van der Waals surface area contributed by atoms with Crippen molar-refractivity contribution >= 4 is 23.5 Å². The van der Waals surface area contributed by atoms with Crippen molar-refractivity contribution in [3.05, 3.63) is 23.5 Å². The molecule has 11 nitrogen and oxygen atoms in total. The molecule has 0 aromatic carbocycles. The van der Waals surface area contributed by atoms with Crippen molar-refractivity contribution in [3.63, 3.8) is 0 Å². The molecule has 5 aliphatic heterocycles. The van der Waals surface area contributed by atoms with E-state index < -0.39 is 69.3 Å². The summed E-state index contributed by atoms with van der Waals surface area (Å²) < 4.78 is 29.9. The summed E-state index contributed by atoms with van der Waals surface area (Å²) in [4.78, 5) is 52.7. The second-order valence-corrected chi connectivity index (χ2v) is 13.4. The number of esters is 2. The molecule has 5 fully saturated rings. The maximum absolute atomic E-state index is 14.3. The number of fused-ring (bicyclic) bond motifs is 1. The SMILES string of the molecule is CO[C@@]12C[C@@](C)(C(=O)[C@H](C)/C=C3/C=C(C)C(=O)O3)CC[C@@]3(C[C@]45OC(=O)C[C@H]4O[C@@](C)(CO)[C@@H]5CC[C@@]3(O)C1=O)O2. The Kier molecular flexibility index (Phi) is 6.15. The van der Waals surface area contributed by atoms with Crippen LogP contribution >= 0.6 is 0 Å². The highest BCUT2D eigenvalue weighted by atomic mass is 16.7. The number of cyclic esters (lactones) is 1. The molecule has 2 spiro atoms. The van der Waals surface area contributed by atoms with Gasteiger partial charge in [0.25, 0.3) is 0 Å². The lowest BCUT2D eigenvalue weighted by molar-refractivity contribution is -0.255. The normalized spacial score (nSPS) is 48.5. The van der Waals surface area contributed by atoms with E-state index in [1.54, 1.807) is 39.8 Å². The maximum atomic E-state index is 14.3. The molecule has 1 saturated carbocycles. The van der Waals surface area contributed by atoms with Crippen LogP contribution in [0.1, 0.15) is 72.6 Å². The van der Waals surface area contributed by atoms with Gasteiger partial charge in [0.05, 0.1) is 18.6 Å². The van der Waals surface area contributed by atoms with Crippen molar-refractivity contribution < 1.29 is 53.1 Å². The van der Waals surface area contributed by atoms with E-state index in [2.05, 4.69) is 0 Å². The molecule has 4 saturated heterocycles. The van der Waals surface area contributed by atoms with Crippen molar-refractivity contribution in [2.75, 3.05) is 13.7 Å². The first-order valence-electron chi connectivity index (χ1n) is 14.3. The Balaban J connectivity index is 1.39. The molecule has 0 amide bonds. The maximum Gasteiger partial charge on any atom is 0.339 e. The molecule has 5 heterocycles. The van der Waals surface area contributed by atoms with E-state index in [0.29, 0.717) is 11.3 Å². The summed E-state index contributed by atoms with van der Waals surface area (Å²) in [5.74, 6) is -4.50. The number of carbonyl (C=O) groups excluding carboxylic acids is 4. The Labute approximate surface area is 238 Å². The molecule has 41 heavy (non-hydrogen) atoms. The van der Waals surface area contributed by atoms with Gasteiger partial charge in [-0.2, -0.15) is 0 Å². The van der Waals surface area contributed by atoms with Crippen LogP contribution in [-0.2, 0) is 42.9 Å². The minimum atomic E-state index is -1.96. The van der Waals surface area contributed by atoms with Gasteiger partial charge < -0.3 is 33.9 Å². The Morgan fingerprint density at radius 3 is 2.56 bits per heavy atom. The van der Waals surface area contributed by atoms with Crippen LogP contribution in [0.3, 0.4) is 0 Å². The summed E-state index contributed by atoms with van der Waals surface area (Å²) in [5, 5.41) is 22.5. The smallest absolute Gasteiger partial charge is 0.339 e. The van der Waals surface area contributed by atoms with Crippen LogP contribution in [0.25, 0.3) is 0 Å². The first kappa shape index (κ1) is 28.7. The van der Waals surface area contributed by atoms with Crippen LogP contribution in [-0.4, -0.2) is 81.7 Å². The number of aliphatic hydroxyl groups is 2. The number of carbonyl (C=O) groups is 4. The number of ketones is 2. The third kappa shape index (κ3) is 3.68. The molecule has 0 aromatic rings. The first-order valence-corrected chi connectivity index (χ1v) is 14.3. The molecule has 0 unspecified atom stereocenters. The molecule has 9 atom stereocenters. The van der Waals surface area contributed by atoms with Gasteiger partial charge in [-0.15, -0.1) is 0 Å². The fourth-order valence-electron chi connectivity index (χ4n) is 8.67. The van der Waals surface area contributed by atoms with Crippen LogP contribution in [0.5, 0.6) is 0 Å². The average Bonchev–Trinajstić information content (AvgIpc) is 3.45. The quantitative estimate of drug-likeness (QED) is 0.462. The zero-order valence-electron chi connectivity index (χ0n) is 24.1. The predicted molar refractivity (Wildman–Crippen MR) is 139 cm³/mol. The van der Waals surface area contributed by atoms with Gasteiger partial charge >= 0.3 is 11.9 Å². The molecule has 2 N–H and O–H groups in total. The molecule has 0 radical (unpaired) electrons. The highest BCUT2D eigenvalue weighted by Gasteiger charge is 2.80. The molecule has 224 valence electrons. The summed E-state index contributed by atoms with van der Waals surface area (Å²) in [6.45, 7) is 6.54. The number of hydrogen-bond acceptors (Lipinski definition) is 11. The topological polar surface area (TPSA) is 155 Å². The van der Waals surface area contributed by atoms with E-state index in [1.165, 1.54) is 7.11 Å². The Bertz CT molecular complexity index is 1300. The van der Waals surface area contributed by atoms with Crippen LogP contribution in [0, 0.1) is 17.3 Å². The van der Waals surface area contributed by atoms with Gasteiger partial charge in [-0.05, 0) is 51.7 Å². The highest BCUT2D eigenvalue weighted by Crippen LogP contribution is 2.66. The highest BCUT2D eigenvalue weighted by molar-refractivity contribution is 5.99. The molecule has 6 aliphatic rings. The second-order valence-electron chi connectivity index (χ2n) is 13.4. The molecule has 2 bridgehead atoms. The van der Waals surface area contributed by atoms with Crippen molar-refractivity contribution in [3.8, 4) is 0 Å². The number of hydrogen-bond donors (Lipinski definition) is 2. The summed E-state index contributed by atoms with van der Waals surface area (Å²) >= 11 is 0. The molecular weight excluding hydrogens is 536 g/mol. The fourth-order valence-corrected chi connectivity index (χ4v) is 8.67. The Hall–Kier alpha value is -2.44. The van der Waals surface area contributed by atoms with Crippen molar-refractivity contribution in [2.24, 2.45) is 17.3 Å². The number of aliphatic hydroxyl groups excluding tert-OH is 1. The fraction of sp³-hybridized carbons (Fsp3) is 0.733. The number of Topliss-reactive ketones (excluding diaryl/α,β-unsaturated/α-hetero) is 2. The summed E-state index contributed by atoms with van der Waals surface area (Å²) in [5.41, 5.74) is -6.40. The lowest BCUT2D eigenvalue weighted by atomic mass is 9.63. The van der Waals surface area contributed by atoms with E-state index in [0.717, 1.165) is 0 Å². The van der Waals surface area contributed by atoms with E-state index in [-0.39, 0.29) is 57.3 Å². The van der Waals surface area contributed by atoms with Gasteiger partial charge in [0.1, 0.15) is 28.8 Å². The summed E-state index contributed by atoms with van der Waals surface area (Å²) in [6.07, 6.45) is 2.95. The lowest BCUT2D eigenvalue weighted by Crippen LogP contribution is -2.59. The lowest BCUT2D eigenvalue weighted by Gasteiger charge is -2.43. The van der Waals surface area contributed by atoms with Crippen LogP contribution < -0.4 is 0 Å². The molecule has 6 rings (SSSR count). The summed E-state index contributed by atoms with van der Waals surface area (Å²) in [7, 11) is 1.33. The van der Waals surface area contributed by atoms with Gasteiger partial charge in [0.2, 0.25) is 11.6 Å². The minimum absolute atomic E-state index is 0.00318. The Morgan fingerprint density at radius 1 is 1.20 bits per heavy atom. The van der Waals surface area contributed by atoms with Crippen molar-refractivity contribution in [1.29, 1.82) is 0 Å². The van der Waals surface area contributed by atoms with Gasteiger partial charge in [0.15, 0.2) is 5.60 Å². The second kappa shape index (κ2) is 8.79. The number of allylic oxidation sites excluding steroid dienone is 2. The standard InChI is InChI=1S/C30H38O11/c1-16(10-18-11-17(2)23(34)38-18)22(33)25(3)8-9-27-14-28-19(26(4,15-31)39-20(28)12-21(32)40-28)6-7-29(27,36)24(35)30(13-25,37-5)41-27/h10-11,16,19-20,31,36H,6-9,12-15H2,1-5H3/b18-10-/t16-,19+,20-,25+,26+,27+,28-,29-,30-/m1/s1. The van der Waals surface area contributed by atoms with Crippen LogP contribution in [0.15, 0.2) is 23.5 Å². The molecule has 0 aromatic heterocycles. The first-order chi connectivity index (χ1) is 19.1. The molecular formula is C30H38O11. The monoisotopic (exact) mass is 574 g/mol. The Morgan fingerprint density at radius 2 is 1.93 bits per heavy atom. The van der Waals surface area contributed by atoms with Crippen molar-refractivity contribution in [1.82, 2.24) is 0 Å². The average molecular weight is 575 g/mol. The van der Waals surface area contributed by atoms with Gasteiger partial charge in [-0.25, -0.2) is 4.79 Å². The third-order valence-electron chi connectivity index (χ3n) is 10.8. The predicted octanol–water partition coefficient (Wildman–Crippen LogP) is 1.82. The van der Waals surface area contributed by atoms with Crippen LogP contribution in [0.4, 0.5) is 0 Å². The van der Waals surface area contributed by atoms with E-state index >= 15 is 0 Å². The number of rotatable bonds is 5. The molecule has 11 heteroatoms. The van der Waals surface area contributed by atoms with Crippen molar-refractivity contribution in [2.45, 2.75) is 107 Å². The third-order valence-corrected chi connectivity index (χ3v) is 10.8. The zero-order chi connectivity index (χ0) is 29.8. The van der Waals surface area contributed by atoms with E-state index in [4.69, 9.17) is 23.7 Å². The van der Waals surface area contributed by atoms with Gasteiger partial charge in [0, 0.05) is 42.8 Å². The summed E-state index contributed by atoms with van der Waals surface area (Å²) in [6, 6.07) is 0. The molecule has 1 aliphatic carbocycles. The number of methoxy groups -OCH3 is 1. The zero-order valence-corrected chi connectivity index (χ0v) is 24.1.